The van der Waals surface area contributed by atoms with Crippen molar-refractivity contribution in [1.82, 2.24) is 9.97 Å². The number of rotatable bonds is 5. The van der Waals surface area contributed by atoms with E-state index in [0.29, 0.717) is 11.3 Å². The van der Waals surface area contributed by atoms with Crippen molar-refractivity contribution in [3.63, 3.8) is 0 Å². The molecule has 6 nitrogen and oxygen atoms in total. The SMILES string of the molecule is COCc1c(C(=O)O)ncc2[nH]c3ccc(Oc4ccccc4)cc3c12. The van der Waals surface area contributed by atoms with Gasteiger partial charge in [-0.05, 0) is 30.3 Å². The molecular formula is C20H16N2O4. The summed E-state index contributed by atoms with van der Waals surface area (Å²) < 4.78 is 11.1. The molecule has 2 aromatic carbocycles. The van der Waals surface area contributed by atoms with Crippen molar-refractivity contribution in [1.29, 1.82) is 0 Å². The zero-order valence-corrected chi connectivity index (χ0v) is 14.0. The normalized spacial score (nSPS) is 11.1. The lowest BCUT2D eigenvalue weighted by Crippen LogP contribution is -2.07. The number of aromatic amines is 1. The van der Waals surface area contributed by atoms with Crippen molar-refractivity contribution in [2.24, 2.45) is 0 Å². The highest BCUT2D eigenvalue weighted by Crippen LogP contribution is 2.33. The Labute approximate surface area is 149 Å². The third kappa shape index (κ3) is 2.76. The fourth-order valence-corrected chi connectivity index (χ4v) is 3.10. The van der Waals surface area contributed by atoms with Gasteiger partial charge in [-0.3, -0.25) is 0 Å². The van der Waals surface area contributed by atoms with Gasteiger partial charge in [0.1, 0.15) is 11.5 Å². The third-order valence-electron chi connectivity index (χ3n) is 4.18. The molecule has 0 saturated carbocycles. The summed E-state index contributed by atoms with van der Waals surface area (Å²) in [4.78, 5) is 18.9. The summed E-state index contributed by atoms with van der Waals surface area (Å²) in [5.74, 6) is 0.323. The maximum atomic E-state index is 11.6. The Bertz CT molecular complexity index is 1100. The first-order valence-corrected chi connectivity index (χ1v) is 8.06. The molecule has 4 aromatic rings. The smallest absolute Gasteiger partial charge is 0.354 e. The van der Waals surface area contributed by atoms with Gasteiger partial charge in [0.15, 0.2) is 5.69 Å². The number of carboxylic acid groups (broad SMARTS) is 1. The van der Waals surface area contributed by atoms with Gasteiger partial charge in [-0.25, -0.2) is 9.78 Å². The number of hydrogen-bond acceptors (Lipinski definition) is 4. The van der Waals surface area contributed by atoms with E-state index in [1.165, 1.54) is 13.3 Å². The van der Waals surface area contributed by atoms with Gasteiger partial charge in [0.2, 0.25) is 0 Å². The molecule has 2 aromatic heterocycles. The molecule has 0 atom stereocenters. The quantitative estimate of drug-likeness (QED) is 0.560. The van der Waals surface area contributed by atoms with Crippen molar-refractivity contribution >= 4 is 27.8 Å². The Hall–Kier alpha value is -3.38. The summed E-state index contributed by atoms with van der Waals surface area (Å²) >= 11 is 0. The predicted molar refractivity (Wildman–Crippen MR) is 97.8 cm³/mol. The zero-order valence-electron chi connectivity index (χ0n) is 14.0. The number of aromatic carboxylic acids is 1. The number of H-pyrrole nitrogens is 1. The van der Waals surface area contributed by atoms with Gasteiger partial charge in [0.25, 0.3) is 0 Å². The number of carboxylic acids is 1. The second-order valence-corrected chi connectivity index (χ2v) is 5.86. The number of methoxy groups -OCH3 is 1. The Kier molecular flexibility index (Phi) is 4.02. The summed E-state index contributed by atoms with van der Waals surface area (Å²) in [5, 5.41) is 11.1. The largest absolute Gasteiger partial charge is 0.477 e. The molecular weight excluding hydrogens is 332 g/mol. The Morgan fingerprint density at radius 3 is 2.65 bits per heavy atom. The number of carbonyl (C=O) groups is 1. The van der Waals surface area contributed by atoms with E-state index in [-0.39, 0.29) is 12.3 Å². The topological polar surface area (TPSA) is 84.4 Å². The minimum atomic E-state index is -1.08. The highest BCUT2D eigenvalue weighted by Gasteiger charge is 2.19. The first-order chi connectivity index (χ1) is 12.7. The number of fused-ring (bicyclic) bond motifs is 3. The van der Waals surface area contributed by atoms with Crippen molar-refractivity contribution in [2.75, 3.05) is 7.11 Å². The molecule has 0 saturated heterocycles. The molecule has 0 bridgehead atoms. The van der Waals surface area contributed by atoms with E-state index in [4.69, 9.17) is 9.47 Å². The second kappa shape index (κ2) is 6.50. The fourth-order valence-electron chi connectivity index (χ4n) is 3.10. The molecule has 6 heteroatoms. The zero-order chi connectivity index (χ0) is 18.1. The summed E-state index contributed by atoms with van der Waals surface area (Å²) in [6.07, 6.45) is 1.54. The molecule has 2 N–H and O–H groups in total. The molecule has 0 aliphatic heterocycles. The van der Waals surface area contributed by atoms with Gasteiger partial charge in [0, 0.05) is 29.0 Å². The second-order valence-electron chi connectivity index (χ2n) is 5.86. The van der Waals surface area contributed by atoms with E-state index in [2.05, 4.69) is 9.97 Å². The summed E-state index contributed by atoms with van der Waals surface area (Å²) in [5.41, 5.74) is 2.17. The van der Waals surface area contributed by atoms with Crippen LogP contribution in [-0.4, -0.2) is 28.2 Å². The minimum Gasteiger partial charge on any atom is -0.477 e. The van der Waals surface area contributed by atoms with Crippen LogP contribution >= 0.6 is 0 Å². The minimum absolute atomic E-state index is 0.00497. The monoisotopic (exact) mass is 348 g/mol. The highest BCUT2D eigenvalue weighted by molar-refractivity contribution is 6.11. The molecule has 2 heterocycles. The van der Waals surface area contributed by atoms with Crippen LogP contribution in [0.5, 0.6) is 11.5 Å². The van der Waals surface area contributed by atoms with Crippen LogP contribution in [0.4, 0.5) is 0 Å². The molecule has 0 unspecified atom stereocenters. The van der Waals surface area contributed by atoms with Crippen LogP contribution < -0.4 is 4.74 Å². The number of pyridine rings is 1. The summed E-state index contributed by atoms with van der Waals surface area (Å²) in [7, 11) is 1.53. The van der Waals surface area contributed by atoms with Gasteiger partial charge in [-0.15, -0.1) is 0 Å². The molecule has 26 heavy (non-hydrogen) atoms. The number of para-hydroxylation sites is 1. The summed E-state index contributed by atoms with van der Waals surface area (Å²) in [6, 6.07) is 15.2. The Balaban J connectivity index is 1.91. The maximum absolute atomic E-state index is 11.6. The fraction of sp³-hybridized carbons (Fsp3) is 0.100. The van der Waals surface area contributed by atoms with Gasteiger partial charge in [-0.2, -0.15) is 0 Å². The standard InChI is InChI=1S/C20H16N2O4/c1-25-11-15-18-14-9-13(26-12-5-3-2-4-6-12)7-8-16(14)22-17(18)10-21-19(15)20(23)24/h2-10,22H,11H2,1H3,(H,23,24). The highest BCUT2D eigenvalue weighted by atomic mass is 16.5. The van der Waals surface area contributed by atoms with Crippen LogP contribution in [0.25, 0.3) is 21.8 Å². The van der Waals surface area contributed by atoms with E-state index >= 15 is 0 Å². The number of nitrogens with zero attached hydrogens (tertiary/aromatic N) is 1. The molecule has 0 fully saturated rings. The van der Waals surface area contributed by atoms with Crippen molar-refractivity contribution < 1.29 is 19.4 Å². The molecule has 4 rings (SSSR count). The lowest BCUT2D eigenvalue weighted by Gasteiger charge is -2.08. The van der Waals surface area contributed by atoms with Gasteiger partial charge < -0.3 is 19.6 Å². The van der Waals surface area contributed by atoms with E-state index in [1.54, 1.807) is 0 Å². The lowest BCUT2D eigenvalue weighted by atomic mass is 10.1. The average molecular weight is 348 g/mol. The van der Waals surface area contributed by atoms with Gasteiger partial charge >= 0.3 is 5.97 Å². The number of ether oxygens (including phenoxy) is 2. The van der Waals surface area contributed by atoms with Crippen molar-refractivity contribution in [3.05, 3.63) is 66.0 Å². The maximum Gasteiger partial charge on any atom is 0.354 e. The third-order valence-corrected chi connectivity index (χ3v) is 4.18. The van der Waals surface area contributed by atoms with Crippen LogP contribution in [0, 0.1) is 0 Å². The van der Waals surface area contributed by atoms with E-state index in [1.807, 2.05) is 48.5 Å². The molecule has 0 aliphatic carbocycles. The van der Waals surface area contributed by atoms with Gasteiger partial charge in [-0.1, -0.05) is 18.2 Å². The molecule has 0 spiro atoms. The first kappa shape index (κ1) is 16.1. The van der Waals surface area contributed by atoms with E-state index < -0.39 is 5.97 Å². The molecule has 0 radical (unpaired) electrons. The molecule has 0 amide bonds. The van der Waals surface area contributed by atoms with Crippen LogP contribution in [0.2, 0.25) is 0 Å². The Morgan fingerprint density at radius 1 is 1.12 bits per heavy atom. The average Bonchev–Trinajstić information content (AvgIpc) is 3.01. The first-order valence-electron chi connectivity index (χ1n) is 8.06. The number of hydrogen-bond donors (Lipinski definition) is 2. The van der Waals surface area contributed by atoms with Crippen molar-refractivity contribution in [2.45, 2.75) is 6.61 Å². The summed E-state index contributed by atoms with van der Waals surface area (Å²) in [6.45, 7) is 0.155. The predicted octanol–water partition coefficient (Wildman–Crippen LogP) is 4.35. The number of aromatic nitrogens is 2. The van der Waals surface area contributed by atoms with Gasteiger partial charge in [0.05, 0.1) is 18.3 Å². The van der Waals surface area contributed by atoms with E-state index in [0.717, 1.165) is 27.6 Å². The Morgan fingerprint density at radius 2 is 1.92 bits per heavy atom. The van der Waals surface area contributed by atoms with Crippen LogP contribution in [0.15, 0.2) is 54.7 Å². The van der Waals surface area contributed by atoms with Crippen LogP contribution in [0.3, 0.4) is 0 Å². The number of benzene rings is 2. The van der Waals surface area contributed by atoms with Crippen LogP contribution in [-0.2, 0) is 11.3 Å². The van der Waals surface area contributed by atoms with Crippen molar-refractivity contribution in [3.8, 4) is 11.5 Å². The molecule has 0 aliphatic rings. The van der Waals surface area contributed by atoms with E-state index in [9.17, 15) is 9.90 Å². The lowest BCUT2D eigenvalue weighted by molar-refractivity contribution is 0.0685. The molecule has 130 valence electrons. The van der Waals surface area contributed by atoms with Crippen LogP contribution in [0.1, 0.15) is 16.1 Å². The number of nitrogens with one attached hydrogen (secondary N) is 1.